The van der Waals surface area contributed by atoms with Gasteiger partial charge in [-0.1, -0.05) is 12.1 Å². The highest BCUT2D eigenvalue weighted by Crippen LogP contribution is 2.19. The molecule has 0 fully saturated rings. The lowest BCUT2D eigenvalue weighted by molar-refractivity contribution is 0.218. The molecule has 1 aromatic carbocycles. The summed E-state index contributed by atoms with van der Waals surface area (Å²) in [5.41, 5.74) is 4.72. The minimum absolute atomic E-state index is 0.141. The van der Waals surface area contributed by atoms with Crippen molar-refractivity contribution < 1.29 is 5.11 Å². The second-order valence-corrected chi connectivity index (χ2v) is 5.23. The first-order chi connectivity index (χ1) is 10.2. The number of rotatable bonds is 6. The Bertz CT molecular complexity index is 515. The van der Waals surface area contributed by atoms with E-state index in [-0.39, 0.29) is 6.61 Å². The monoisotopic (exact) mass is 287 g/mol. The van der Waals surface area contributed by atoms with E-state index in [1.165, 1.54) is 16.8 Å². The van der Waals surface area contributed by atoms with Crippen LogP contribution >= 0.6 is 0 Å². The number of β-amino-alcohol motifs (C(OH)–C–C–N with tert-alkyl or cyclic N) is 1. The Morgan fingerprint density at radius 3 is 2.48 bits per heavy atom. The molecular weight excluding hydrogens is 262 g/mol. The average molecular weight is 287 g/mol. The third kappa shape index (κ3) is 3.85. The van der Waals surface area contributed by atoms with Crippen LogP contribution < -0.4 is 4.90 Å². The Labute approximate surface area is 127 Å². The molecule has 1 N–H and O–H groups in total. The van der Waals surface area contributed by atoms with Crippen LogP contribution in [0, 0.1) is 0 Å². The van der Waals surface area contributed by atoms with Gasteiger partial charge in [-0.15, -0.1) is 0 Å². The van der Waals surface area contributed by atoms with E-state index in [1.807, 2.05) is 11.9 Å². The number of benzene rings is 1. The molecule has 4 nitrogen and oxygen atoms in total. The molecule has 4 heteroatoms. The number of hydrogen-bond acceptors (Lipinski definition) is 4. The first-order valence-corrected chi connectivity index (χ1v) is 7.64. The number of hydrogen-bond donors (Lipinski definition) is 1. The summed E-state index contributed by atoms with van der Waals surface area (Å²) in [6.45, 7) is 9.94. The summed E-state index contributed by atoms with van der Waals surface area (Å²) in [7, 11) is 0. The molecular formula is C17H25N3O. The average Bonchev–Trinajstić information content (AvgIpc) is 2.82. The van der Waals surface area contributed by atoms with Crippen molar-refractivity contribution >= 4 is 17.5 Å². The van der Waals surface area contributed by atoms with Crippen molar-refractivity contribution in [1.29, 1.82) is 0 Å². The molecule has 0 unspecified atom stereocenters. The van der Waals surface area contributed by atoms with E-state index in [9.17, 15) is 0 Å². The van der Waals surface area contributed by atoms with Crippen molar-refractivity contribution in [3.63, 3.8) is 0 Å². The maximum absolute atomic E-state index is 8.98. The third-order valence-corrected chi connectivity index (χ3v) is 3.83. The standard InChI is InChI=1S/C17H25N3O/c1-4-19(5-2)17-8-6-15(7-9-17)12-16-13-20(10-11-21)18-14(16)3/h6-9,12,21H,4-5,10-11,13H2,1-3H3. The van der Waals surface area contributed by atoms with Crippen LogP contribution in [0.1, 0.15) is 26.3 Å². The molecule has 0 aliphatic carbocycles. The lowest BCUT2D eigenvalue weighted by Gasteiger charge is -2.20. The molecule has 0 spiro atoms. The van der Waals surface area contributed by atoms with Crippen LogP contribution in [0.2, 0.25) is 0 Å². The Hall–Kier alpha value is -1.81. The second kappa shape index (κ2) is 7.27. The van der Waals surface area contributed by atoms with E-state index < -0.39 is 0 Å². The molecule has 0 atom stereocenters. The maximum Gasteiger partial charge on any atom is 0.0630 e. The summed E-state index contributed by atoms with van der Waals surface area (Å²) in [6.07, 6.45) is 2.18. The maximum atomic E-state index is 8.98. The summed E-state index contributed by atoms with van der Waals surface area (Å²) < 4.78 is 0. The van der Waals surface area contributed by atoms with Crippen molar-refractivity contribution in [2.75, 3.05) is 37.7 Å². The van der Waals surface area contributed by atoms with Gasteiger partial charge in [0.1, 0.15) is 0 Å². The first kappa shape index (κ1) is 15.6. The molecule has 1 heterocycles. The lowest BCUT2D eigenvalue weighted by Crippen LogP contribution is -2.21. The SMILES string of the molecule is CCN(CC)c1ccc(C=C2CN(CCO)N=C2C)cc1. The van der Waals surface area contributed by atoms with Crippen LogP contribution in [-0.2, 0) is 0 Å². The number of hydrazone groups is 1. The largest absolute Gasteiger partial charge is 0.394 e. The van der Waals surface area contributed by atoms with Gasteiger partial charge in [0.2, 0.25) is 0 Å². The van der Waals surface area contributed by atoms with Crippen LogP contribution in [0.25, 0.3) is 6.08 Å². The Morgan fingerprint density at radius 2 is 1.90 bits per heavy atom. The van der Waals surface area contributed by atoms with Crippen LogP contribution in [-0.4, -0.2) is 48.6 Å². The predicted octanol–water partition coefficient (Wildman–Crippen LogP) is 2.60. The first-order valence-electron chi connectivity index (χ1n) is 7.64. The zero-order chi connectivity index (χ0) is 15.2. The molecule has 114 valence electrons. The number of aliphatic hydroxyl groups excluding tert-OH is 1. The summed E-state index contributed by atoms with van der Waals surface area (Å²) in [5, 5.41) is 15.3. The van der Waals surface area contributed by atoms with Crippen LogP contribution in [0.15, 0.2) is 34.9 Å². The molecule has 0 radical (unpaired) electrons. The fourth-order valence-corrected chi connectivity index (χ4v) is 2.59. The van der Waals surface area contributed by atoms with Crippen molar-refractivity contribution in [1.82, 2.24) is 5.01 Å². The fourth-order valence-electron chi connectivity index (χ4n) is 2.59. The van der Waals surface area contributed by atoms with Gasteiger partial charge in [0.25, 0.3) is 0 Å². The molecule has 0 bridgehead atoms. The smallest absolute Gasteiger partial charge is 0.0630 e. The highest BCUT2D eigenvalue weighted by Gasteiger charge is 2.15. The molecule has 0 saturated carbocycles. The molecule has 0 amide bonds. The van der Waals surface area contributed by atoms with Gasteiger partial charge in [-0.05, 0) is 50.1 Å². The van der Waals surface area contributed by atoms with Crippen LogP contribution in [0.4, 0.5) is 5.69 Å². The lowest BCUT2D eigenvalue weighted by atomic mass is 10.1. The van der Waals surface area contributed by atoms with Crippen LogP contribution in [0.3, 0.4) is 0 Å². The Morgan fingerprint density at radius 1 is 1.24 bits per heavy atom. The van der Waals surface area contributed by atoms with E-state index in [0.717, 1.165) is 25.3 Å². The van der Waals surface area contributed by atoms with Gasteiger partial charge in [-0.3, -0.25) is 5.01 Å². The molecule has 0 aromatic heterocycles. The van der Waals surface area contributed by atoms with E-state index in [0.29, 0.717) is 6.54 Å². The molecule has 21 heavy (non-hydrogen) atoms. The van der Waals surface area contributed by atoms with Crippen molar-refractivity contribution in [3.8, 4) is 0 Å². The number of anilines is 1. The minimum atomic E-state index is 0.141. The fraction of sp³-hybridized carbons (Fsp3) is 0.471. The zero-order valence-electron chi connectivity index (χ0n) is 13.2. The van der Waals surface area contributed by atoms with Crippen molar-refractivity contribution in [2.24, 2.45) is 5.10 Å². The van der Waals surface area contributed by atoms with Crippen molar-refractivity contribution in [2.45, 2.75) is 20.8 Å². The third-order valence-electron chi connectivity index (χ3n) is 3.83. The van der Waals surface area contributed by atoms with Gasteiger partial charge in [-0.2, -0.15) is 5.10 Å². The number of aliphatic hydroxyl groups is 1. The normalized spacial score (nSPS) is 16.5. The molecule has 0 saturated heterocycles. The summed E-state index contributed by atoms with van der Waals surface area (Å²) in [6, 6.07) is 8.66. The minimum Gasteiger partial charge on any atom is -0.394 e. The van der Waals surface area contributed by atoms with Gasteiger partial charge >= 0.3 is 0 Å². The summed E-state index contributed by atoms with van der Waals surface area (Å²) in [4.78, 5) is 2.34. The van der Waals surface area contributed by atoms with Gasteiger partial charge in [-0.25, -0.2) is 0 Å². The summed E-state index contributed by atoms with van der Waals surface area (Å²) >= 11 is 0. The number of nitrogens with zero attached hydrogens (tertiary/aromatic N) is 3. The summed E-state index contributed by atoms with van der Waals surface area (Å²) in [5.74, 6) is 0. The van der Waals surface area contributed by atoms with E-state index in [1.54, 1.807) is 0 Å². The van der Waals surface area contributed by atoms with E-state index in [2.05, 4.69) is 54.2 Å². The second-order valence-electron chi connectivity index (χ2n) is 5.23. The topological polar surface area (TPSA) is 39.1 Å². The van der Waals surface area contributed by atoms with E-state index in [4.69, 9.17) is 5.11 Å². The highest BCUT2D eigenvalue weighted by molar-refractivity contribution is 6.03. The predicted molar refractivity (Wildman–Crippen MR) is 89.7 cm³/mol. The quantitative estimate of drug-likeness (QED) is 0.874. The van der Waals surface area contributed by atoms with Gasteiger partial charge < -0.3 is 10.0 Å². The molecule has 1 aliphatic heterocycles. The van der Waals surface area contributed by atoms with Gasteiger partial charge in [0.05, 0.1) is 25.4 Å². The Kier molecular flexibility index (Phi) is 5.39. The molecule has 1 aromatic rings. The van der Waals surface area contributed by atoms with Gasteiger partial charge in [0, 0.05) is 18.8 Å². The molecule has 2 rings (SSSR count). The molecule has 1 aliphatic rings. The van der Waals surface area contributed by atoms with Gasteiger partial charge in [0.15, 0.2) is 0 Å². The zero-order valence-corrected chi connectivity index (χ0v) is 13.2. The van der Waals surface area contributed by atoms with Crippen LogP contribution in [0.5, 0.6) is 0 Å². The highest BCUT2D eigenvalue weighted by atomic mass is 16.3. The van der Waals surface area contributed by atoms with Crippen molar-refractivity contribution in [3.05, 3.63) is 35.4 Å². The van der Waals surface area contributed by atoms with E-state index >= 15 is 0 Å². The Balaban J connectivity index is 2.10.